The molecule has 2 heterocycles. The molecular weight excluding hydrogens is 240 g/mol. The second kappa shape index (κ2) is 5.33. The number of nitrogens with zero attached hydrogens (tertiary/aromatic N) is 2. The van der Waals surface area contributed by atoms with Gasteiger partial charge in [0.25, 0.3) is 0 Å². The zero-order valence-corrected chi connectivity index (χ0v) is 11.5. The Kier molecular flexibility index (Phi) is 3.55. The molecule has 2 N–H and O–H groups in total. The smallest absolute Gasteiger partial charge is 0.237 e. The highest BCUT2D eigenvalue weighted by atomic mass is 16.2. The third kappa shape index (κ3) is 2.52. The molecule has 1 aliphatic heterocycles. The predicted octanol–water partition coefficient (Wildman–Crippen LogP) is 1.06. The monoisotopic (exact) mass is 262 g/mol. The van der Waals surface area contributed by atoms with Crippen molar-refractivity contribution in [3.63, 3.8) is 0 Å². The molecule has 104 valence electrons. The summed E-state index contributed by atoms with van der Waals surface area (Å²) < 4.78 is 1.97. The molecule has 0 spiro atoms. The van der Waals surface area contributed by atoms with Gasteiger partial charge in [0.05, 0.1) is 12.2 Å². The minimum atomic E-state index is -0.0429. The second-order valence-electron chi connectivity index (χ2n) is 5.62. The van der Waals surface area contributed by atoms with Crippen molar-refractivity contribution < 1.29 is 4.79 Å². The van der Waals surface area contributed by atoms with Crippen molar-refractivity contribution in [2.24, 2.45) is 7.05 Å². The van der Waals surface area contributed by atoms with Crippen LogP contribution < -0.4 is 10.6 Å². The van der Waals surface area contributed by atoms with Gasteiger partial charge in [0.1, 0.15) is 0 Å². The molecule has 1 aromatic rings. The summed E-state index contributed by atoms with van der Waals surface area (Å²) in [5.41, 5.74) is 2.60. The number of hydrogen-bond donors (Lipinski definition) is 2. The van der Waals surface area contributed by atoms with Gasteiger partial charge < -0.3 is 5.32 Å². The van der Waals surface area contributed by atoms with Gasteiger partial charge in [-0.3, -0.25) is 14.8 Å². The van der Waals surface area contributed by atoms with E-state index in [1.54, 1.807) is 0 Å². The predicted molar refractivity (Wildman–Crippen MR) is 72.7 cm³/mol. The first-order chi connectivity index (χ1) is 9.25. The molecule has 1 saturated heterocycles. The van der Waals surface area contributed by atoms with Crippen LogP contribution in [0.4, 0.5) is 0 Å². The van der Waals surface area contributed by atoms with Crippen molar-refractivity contribution in [2.75, 3.05) is 6.54 Å². The van der Waals surface area contributed by atoms with Crippen molar-refractivity contribution in [3.05, 3.63) is 17.5 Å². The van der Waals surface area contributed by atoms with Gasteiger partial charge in [-0.15, -0.1) is 0 Å². The number of aryl methyl sites for hydroxylation is 1. The number of carbonyl (C=O) groups is 1. The quantitative estimate of drug-likeness (QED) is 0.838. The molecule has 5 nitrogen and oxygen atoms in total. The molecule has 1 aliphatic carbocycles. The summed E-state index contributed by atoms with van der Waals surface area (Å²) in [4.78, 5) is 12.0. The van der Waals surface area contributed by atoms with Crippen molar-refractivity contribution in [2.45, 2.75) is 50.6 Å². The molecule has 0 bridgehead atoms. The van der Waals surface area contributed by atoms with E-state index < -0.39 is 0 Å². The van der Waals surface area contributed by atoms with E-state index in [4.69, 9.17) is 0 Å². The molecule has 3 rings (SSSR count). The normalized spacial score (nSPS) is 27.5. The SMILES string of the molecule is Cn1ncc2c1CCCC2NC1CCCCNC1=O. The summed E-state index contributed by atoms with van der Waals surface area (Å²) in [7, 11) is 2.00. The van der Waals surface area contributed by atoms with Crippen molar-refractivity contribution in [1.29, 1.82) is 0 Å². The average molecular weight is 262 g/mol. The van der Waals surface area contributed by atoms with Crippen LogP contribution in [0.2, 0.25) is 0 Å². The Labute approximate surface area is 113 Å². The van der Waals surface area contributed by atoms with Crippen LogP contribution in [0.25, 0.3) is 0 Å². The zero-order chi connectivity index (χ0) is 13.2. The second-order valence-corrected chi connectivity index (χ2v) is 5.62. The summed E-state index contributed by atoms with van der Waals surface area (Å²) in [5.74, 6) is 0.161. The van der Waals surface area contributed by atoms with Crippen LogP contribution in [-0.2, 0) is 18.3 Å². The van der Waals surface area contributed by atoms with Crippen molar-refractivity contribution in [1.82, 2.24) is 20.4 Å². The molecule has 1 fully saturated rings. The first-order valence-electron chi connectivity index (χ1n) is 7.30. The number of nitrogens with one attached hydrogen (secondary N) is 2. The molecule has 1 aromatic heterocycles. The van der Waals surface area contributed by atoms with Gasteiger partial charge >= 0.3 is 0 Å². The van der Waals surface area contributed by atoms with Crippen LogP contribution in [-0.4, -0.2) is 28.3 Å². The lowest BCUT2D eigenvalue weighted by molar-refractivity contribution is -0.123. The van der Waals surface area contributed by atoms with Gasteiger partial charge in [-0.25, -0.2) is 0 Å². The molecule has 1 amide bonds. The topological polar surface area (TPSA) is 59.0 Å². The van der Waals surface area contributed by atoms with E-state index in [2.05, 4.69) is 15.7 Å². The summed E-state index contributed by atoms with van der Waals surface area (Å²) in [6, 6.07) is 0.241. The molecule has 2 aliphatic rings. The summed E-state index contributed by atoms with van der Waals surface area (Å²) >= 11 is 0. The Balaban J connectivity index is 1.75. The Bertz CT molecular complexity index is 468. The first-order valence-corrected chi connectivity index (χ1v) is 7.30. The lowest BCUT2D eigenvalue weighted by Crippen LogP contribution is -2.44. The van der Waals surface area contributed by atoms with Gasteiger partial charge in [-0.2, -0.15) is 5.10 Å². The van der Waals surface area contributed by atoms with E-state index in [-0.39, 0.29) is 18.0 Å². The van der Waals surface area contributed by atoms with E-state index >= 15 is 0 Å². The fraction of sp³-hybridized carbons (Fsp3) is 0.714. The van der Waals surface area contributed by atoms with Crippen LogP contribution in [0.5, 0.6) is 0 Å². The molecule has 2 unspecified atom stereocenters. The Morgan fingerprint density at radius 1 is 1.32 bits per heavy atom. The Morgan fingerprint density at radius 2 is 2.16 bits per heavy atom. The lowest BCUT2D eigenvalue weighted by Gasteiger charge is -2.27. The maximum absolute atomic E-state index is 12.0. The largest absolute Gasteiger partial charge is 0.355 e. The number of aromatic nitrogens is 2. The van der Waals surface area contributed by atoms with Crippen LogP contribution in [0.3, 0.4) is 0 Å². The van der Waals surface area contributed by atoms with Crippen molar-refractivity contribution >= 4 is 5.91 Å². The van der Waals surface area contributed by atoms with E-state index in [9.17, 15) is 4.79 Å². The highest BCUT2D eigenvalue weighted by Crippen LogP contribution is 2.30. The number of carbonyl (C=O) groups excluding carboxylic acids is 1. The van der Waals surface area contributed by atoms with E-state index in [1.165, 1.54) is 17.7 Å². The van der Waals surface area contributed by atoms with E-state index in [0.29, 0.717) is 0 Å². The average Bonchev–Trinajstić information content (AvgIpc) is 2.67. The fourth-order valence-corrected chi connectivity index (χ4v) is 3.22. The van der Waals surface area contributed by atoms with E-state index in [0.717, 1.165) is 38.6 Å². The third-order valence-electron chi connectivity index (χ3n) is 4.31. The maximum atomic E-state index is 12.0. The molecule has 2 atom stereocenters. The van der Waals surface area contributed by atoms with Gasteiger partial charge in [-0.05, 0) is 38.5 Å². The first kappa shape index (κ1) is 12.7. The minimum absolute atomic E-state index is 0.0429. The standard InChI is InChI=1S/C14H22N4O/c1-18-13-7-4-6-11(10(13)9-16-18)17-12-5-2-3-8-15-14(12)19/h9,11-12,17H,2-8H2,1H3,(H,15,19). The third-order valence-corrected chi connectivity index (χ3v) is 4.31. The number of amides is 1. The van der Waals surface area contributed by atoms with Gasteiger partial charge in [0.15, 0.2) is 0 Å². The number of hydrogen-bond acceptors (Lipinski definition) is 3. The van der Waals surface area contributed by atoms with Gasteiger partial charge in [-0.1, -0.05) is 0 Å². The molecule has 0 saturated carbocycles. The molecular formula is C14H22N4O. The Morgan fingerprint density at radius 3 is 3.05 bits per heavy atom. The highest BCUT2D eigenvalue weighted by molar-refractivity contribution is 5.82. The minimum Gasteiger partial charge on any atom is -0.355 e. The van der Waals surface area contributed by atoms with Crippen LogP contribution >= 0.6 is 0 Å². The molecule has 19 heavy (non-hydrogen) atoms. The molecule has 0 aromatic carbocycles. The molecule has 5 heteroatoms. The van der Waals surface area contributed by atoms with E-state index in [1.807, 2.05) is 17.9 Å². The van der Waals surface area contributed by atoms with Crippen molar-refractivity contribution in [3.8, 4) is 0 Å². The Hall–Kier alpha value is -1.36. The number of rotatable bonds is 2. The van der Waals surface area contributed by atoms with Crippen LogP contribution in [0.15, 0.2) is 6.20 Å². The van der Waals surface area contributed by atoms with Gasteiger partial charge in [0.2, 0.25) is 5.91 Å². The summed E-state index contributed by atoms with van der Waals surface area (Å²) in [6.07, 6.45) is 8.47. The molecule has 0 radical (unpaired) electrons. The van der Waals surface area contributed by atoms with Crippen LogP contribution in [0, 0.1) is 0 Å². The maximum Gasteiger partial charge on any atom is 0.237 e. The van der Waals surface area contributed by atoms with Crippen LogP contribution in [0.1, 0.15) is 49.4 Å². The van der Waals surface area contributed by atoms with Gasteiger partial charge in [0, 0.05) is 30.9 Å². The summed E-state index contributed by atoms with van der Waals surface area (Å²) in [6.45, 7) is 0.819. The zero-order valence-electron chi connectivity index (χ0n) is 11.5. The number of fused-ring (bicyclic) bond motifs is 1. The highest BCUT2D eigenvalue weighted by Gasteiger charge is 2.28. The summed E-state index contributed by atoms with van der Waals surface area (Å²) in [5, 5.41) is 10.9. The lowest BCUT2D eigenvalue weighted by atomic mass is 9.92. The fourth-order valence-electron chi connectivity index (χ4n) is 3.22.